The van der Waals surface area contributed by atoms with Crippen LogP contribution in [0.5, 0.6) is 0 Å². The molecular weight excluding hydrogens is 310 g/mol. The summed E-state index contributed by atoms with van der Waals surface area (Å²) in [5, 5.41) is 2.78. The molecule has 1 saturated heterocycles. The molecule has 17 heavy (non-hydrogen) atoms. The summed E-state index contributed by atoms with van der Waals surface area (Å²) >= 11 is 1.70. The van der Waals surface area contributed by atoms with Crippen molar-refractivity contribution < 1.29 is 67.8 Å². The van der Waals surface area contributed by atoms with E-state index in [1.165, 1.54) is 12.5 Å². The number of hydrogen-bond acceptors (Lipinski definition) is 3. The fourth-order valence-corrected chi connectivity index (χ4v) is 3.58. The van der Waals surface area contributed by atoms with Crippen LogP contribution in [0.15, 0.2) is 11.3 Å². The van der Waals surface area contributed by atoms with Crippen LogP contribution < -0.4 is 63.5 Å². The van der Waals surface area contributed by atoms with Crippen molar-refractivity contribution >= 4 is 23.6 Å². The van der Waals surface area contributed by atoms with Crippen LogP contribution in [-0.2, 0) is 9.59 Å². The molecule has 2 rings (SSSR count). The maximum atomic E-state index is 11.9. The topological polar surface area (TPSA) is 49.4 Å². The number of β-lactam (4-membered cyclic amide) rings is 1. The molecule has 0 saturated carbocycles. The Bertz CT molecular complexity index is 384. The maximum Gasteiger partial charge on any atom is 1.00 e. The van der Waals surface area contributed by atoms with E-state index in [0.29, 0.717) is 0 Å². The molecule has 2 heterocycles. The quantitative estimate of drug-likeness (QED) is 0.468. The van der Waals surface area contributed by atoms with Gasteiger partial charge in [0.1, 0.15) is 6.04 Å². The summed E-state index contributed by atoms with van der Waals surface area (Å²) in [7, 11) is 0. The first-order chi connectivity index (χ1) is 7.56. The molecule has 4 nitrogen and oxygen atoms in total. The summed E-state index contributed by atoms with van der Waals surface area (Å²) in [5.74, 6) is 0.768. The first-order valence-corrected chi connectivity index (χ1v) is 6.32. The van der Waals surface area contributed by atoms with Crippen molar-refractivity contribution in [2.45, 2.75) is 32.2 Å². The number of carbonyl (C=O) groups excluding carboxylic acids is 2. The van der Waals surface area contributed by atoms with Gasteiger partial charge in [-0.3, -0.25) is 9.59 Å². The number of carbonyl (C=O) groups is 2. The minimum absolute atomic E-state index is 0. The maximum absolute atomic E-state index is 11.9. The summed E-state index contributed by atoms with van der Waals surface area (Å²) < 4.78 is 0. The number of rotatable bonds is 2. The minimum atomic E-state index is -0.337. The van der Waals surface area contributed by atoms with E-state index in [0.717, 1.165) is 11.4 Å². The number of amides is 2. The number of nitrogens with zero attached hydrogens (tertiary/aromatic N) is 1. The first-order valence-electron chi connectivity index (χ1n) is 5.27. The van der Waals surface area contributed by atoms with Gasteiger partial charge in [-0.05, 0) is 5.75 Å². The molecular formula is C11H15N2O2RbS. The monoisotopic (exact) mass is 324 g/mol. The number of nitrogens with one attached hydrogen (secondary N) is 1. The summed E-state index contributed by atoms with van der Waals surface area (Å²) in [5.41, 5.74) is 2.23. The van der Waals surface area contributed by atoms with E-state index in [4.69, 9.17) is 0 Å². The van der Waals surface area contributed by atoms with Gasteiger partial charge in [-0.15, -0.1) is 24.4 Å². The van der Waals surface area contributed by atoms with Crippen LogP contribution in [0.4, 0.5) is 0 Å². The Morgan fingerprint density at radius 2 is 2.24 bits per heavy atom. The molecule has 0 bridgehead atoms. The molecule has 2 aliphatic heterocycles. The molecule has 0 unspecified atom stereocenters. The molecule has 6 heteroatoms. The fourth-order valence-electron chi connectivity index (χ4n) is 2.07. The predicted molar refractivity (Wildman–Crippen MR) is 63.4 cm³/mol. The van der Waals surface area contributed by atoms with E-state index in [1.54, 1.807) is 16.7 Å². The number of hydrogen-bond donors (Lipinski definition) is 1. The number of fused-ring (bicyclic) bond motifs is 1. The van der Waals surface area contributed by atoms with Crippen LogP contribution in [0, 0.1) is 6.42 Å². The molecule has 2 aliphatic rings. The Morgan fingerprint density at radius 1 is 1.59 bits per heavy atom. The summed E-state index contributed by atoms with van der Waals surface area (Å²) in [6, 6.07) is -0.337. The second-order valence-corrected chi connectivity index (χ2v) is 5.09. The van der Waals surface area contributed by atoms with E-state index in [2.05, 4.69) is 5.32 Å². The predicted octanol–water partition coefficient (Wildman–Crippen LogP) is -2.09. The van der Waals surface area contributed by atoms with Crippen LogP contribution in [-0.4, -0.2) is 33.9 Å². The van der Waals surface area contributed by atoms with Crippen molar-refractivity contribution in [3.8, 4) is 0 Å². The SMILES string of the molecule is C[CH-]C1=C(C)N2C(=O)[C@@H](NC(C)=O)[C@H]2SC1.[Rb+]. The summed E-state index contributed by atoms with van der Waals surface area (Å²) in [4.78, 5) is 24.6. The third kappa shape index (κ3) is 2.83. The Kier molecular flexibility index (Phi) is 5.78. The smallest absolute Gasteiger partial charge is 0.380 e. The van der Waals surface area contributed by atoms with Crippen LogP contribution in [0.3, 0.4) is 0 Å². The van der Waals surface area contributed by atoms with E-state index < -0.39 is 0 Å². The standard InChI is InChI=1S/C11H15N2O2S.Rb/c1-4-8-5-16-11-9(12-7(3)14)10(15)13(11)6(8)2;/h4,9,11H,5H2,1-3H3,(H,12,14);/q-1;+1/t9-,11-;/m1./s1. The second kappa shape index (κ2) is 6.24. The zero-order valence-electron chi connectivity index (χ0n) is 10.6. The zero-order valence-corrected chi connectivity index (χ0v) is 16.3. The van der Waals surface area contributed by atoms with Crippen LogP contribution in [0.2, 0.25) is 0 Å². The van der Waals surface area contributed by atoms with E-state index >= 15 is 0 Å². The van der Waals surface area contributed by atoms with Gasteiger partial charge < -0.3 is 10.2 Å². The second-order valence-electron chi connectivity index (χ2n) is 3.99. The van der Waals surface area contributed by atoms with E-state index in [9.17, 15) is 9.59 Å². The van der Waals surface area contributed by atoms with Crippen molar-refractivity contribution in [2.24, 2.45) is 0 Å². The molecule has 0 spiro atoms. The van der Waals surface area contributed by atoms with Crippen LogP contribution >= 0.6 is 11.8 Å². The van der Waals surface area contributed by atoms with E-state index in [-0.39, 0.29) is 81.4 Å². The Morgan fingerprint density at radius 3 is 2.76 bits per heavy atom. The van der Waals surface area contributed by atoms with Gasteiger partial charge in [-0.25, -0.2) is 6.42 Å². The van der Waals surface area contributed by atoms with Crippen molar-refractivity contribution in [3.05, 3.63) is 17.7 Å². The average molecular weight is 325 g/mol. The molecule has 2 amide bonds. The molecule has 2 atom stereocenters. The van der Waals surface area contributed by atoms with Gasteiger partial charge in [-0.2, -0.15) is 5.57 Å². The average Bonchev–Trinajstić information content (AvgIpc) is 2.25. The van der Waals surface area contributed by atoms with Gasteiger partial charge in [-0.1, -0.05) is 6.92 Å². The van der Waals surface area contributed by atoms with Crippen LogP contribution in [0.1, 0.15) is 20.8 Å². The molecule has 0 aliphatic carbocycles. The number of thioether (sulfide) groups is 1. The van der Waals surface area contributed by atoms with Crippen LogP contribution in [0.25, 0.3) is 0 Å². The largest absolute Gasteiger partial charge is 1.00 e. The van der Waals surface area contributed by atoms with Gasteiger partial charge >= 0.3 is 58.2 Å². The molecule has 88 valence electrons. The zero-order chi connectivity index (χ0) is 11.9. The van der Waals surface area contributed by atoms with Crippen molar-refractivity contribution in [2.75, 3.05) is 5.75 Å². The molecule has 1 N–H and O–H groups in total. The molecule has 1 fully saturated rings. The third-order valence-corrected chi connectivity index (χ3v) is 4.29. The normalized spacial score (nSPS) is 26.8. The number of allylic oxidation sites excluding steroid dienone is 1. The van der Waals surface area contributed by atoms with Crippen molar-refractivity contribution in [1.29, 1.82) is 0 Å². The molecule has 0 aromatic carbocycles. The fraction of sp³-hybridized carbons (Fsp3) is 0.545. The van der Waals surface area contributed by atoms with Crippen molar-refractivity contribution in [3.63, 3.8) is 0 Å². The van der Waals surface area contributed by atoms with Gasteiger partial charge in [0, 0.05) is 6.92 Å². The molecule has 0 aromatic heterocycles. The summed E-state index contributed by atoms with van der Waals surface area (Å²) in [6.45, 7) is 5.39. The molecule has 0 radical (unpaired) electrons. The Balaban J connectivity index is 0.00000144. The Labute approximate surface area is 155 Å². The van der Waals surface area contributed by atoms with E-state index in [1.807, 2.05) is 20.3 Å². The van der Waals surface area contributed by atoms with Gasteiger partial charge in [0.05, 0.1) is 5.37 Å². The van der Waals surface area contributed by atoms with Gasteiger partial charge in [0.15, 0.2) is 0 Å². The first kappa shape index (κ1) is 15.8. The van der Waals surface area contributed by atoms with Crippen molar-refractivity contribution in [1.82, 2.24) is 10.2 Å². The third-order valence-electron chi connectivity index (χ3n) is 2.99. The summed E-state index contributed by atoms with van der Waals surface area (Å²) in [6.07, 6.45) is 2.04. The minimum Gasteiger partial charge on any atom is -0.380 e. The Hall–Kier alpha value is 0.705. The van der Waals surface area contributed by atoms with Gasteiger partial charge in [0.2, 0.25) is 11.8 Å². The molecule has 0 aromatic rings. The van der Waals surface area contributed by atoms with Gasteiger partial charge in [0.25, 0.3) is 0 Å².